The predicted molar refractivity (Wildman–Crippen MR) is 119 cm³/mol. The van der Waals surface area contributed by atoms with E-state index in [0.29, 0.717) is 48.8 Å². The summed E-state index contributed by atoms with van der Waals surface area (Å²) in [5, 5.41) is 2.86. The van der Waals surface area contributed by atoms with E-state index in [4.69, 9.17) is 14.2 Å². The van der Waals surface area contributed by atoms with Gasteiger partial charge in [-0.15, -0.1) is 6.58 Å². The molecule has 0 aliphatic heterocycles. The van der Waals surface area contributed by atoms with E-state index in [1.165, 1.54) is 0 Å². The zero-order chi connectivity index (χ0) is 22.2. The van der Waals surface area contributed by atoms with E-state index < -0.39 is 0 Å². The Morgan fingerprint density at radius 2 is 1.97 bits per heavy atom. The summed E-state index contributed by atoms with van der Waals surface area (Å²) in [6, 6.07) is 3.44. The summed E-state index contributed by atoms with van der Waals surface area (Å²) in [5.41, 5.74) is 0.900. The van der Waals surface area contributed by atoms with Crippen molar-refractivity contribution in [3.63, 3.8) is 0 Å². The van der Waals surface area contributed by atoms with Crippen molar-refractivity contribution in [2.45, 2.75) is 52.9 Å². The van der Waals surface area contributed by atoms with Crippen LogP contribution in [0.5, 0.6) is 11.5 Å². The number of unbranched alkanes of at least 4 members (excludes halogenated alkanes) is 1. The molecule has 30 heavy (non-hydrogen) atoms. The third kappa shape index (κ3) is 9.27. The van der Waals surface area contributed by atoms with Crippen molar-refractivity contribution >= 4 is 11.7 Å². The molecule has 0 bridgehead atoms. The van der Waals surface area contributed by atoms with Crippen LogP contribution in [0.3, 0.4) is 0 Å². The van der Waals surface area contributed by atoms with Gasteiger partial charge in [0.1, 0.15) is 11.5 Å². The van der Waals surface area contributed by atoms with Gasteiger partial charge in [0, 0.05) is 25.6 Å². The van der Waals surface area contributed by atoms with Crippen LogP contribution in [-0.2, 0) is 16.0 Å². The lowest BCUT2D eigenvalue weighted by Gasteiger charge is -2.17. The number of nitrogens with one attached hydrogen (secondary N) is 1. The molecule has 166 valence electrons. The molecule has 0 spiro atoms. The highest BCUT2D eigenvalue weighted by molar-refractivity contribution is 6.01. The summed E-state index contributed by atoms with van der Waals surface area (Å²) in [6.45, 7) is 11.1. The molecule has 0 heterocycles. The number of ketones is 1. The summed E-state index contributed by atoms with van der Waals surface area (Å²) < 4.78 is 16.9. The molecule has 1 rings (SSSR count). The van der Waals surface area contributed by atoms with E-state index in [-0.39, 0.29) is 24.9 Å². The monoisotopic (exact) mass is 417 g/mol. The van der Waals surface area contributed by atoms with Crippen molar-refractivity contribution in [2.75, 3.05) is 26.6 Å². The van der Waals surface area contributed by atoms with Gasteiger partial charge in [-0.25, -0.2) is 0 Å². The standard InChI is InChI=1S/C24H35NO5/c1-5-9-12-20(26)15-19-16-21(29-14-11-7-3)17-22(30-18-28-8-4)23(19)24(27)25-13-10-6-2/h6,9,12,16-17H,2,5,7-8,10-11,13-15,18H2,1,3-4H3,(H,25,27)/b12-9+. The zero-order valence-corrected chi connectivity index (χ0v) is 18.5. The number of carbonyl (C=O) groups excluding carboxylic acids is 2. The summed E-state index contributed by atoms with van der Waals surface area (Å²) in [7, 11) is 0. The zero-order valence-electron chi connectivity index (χ0n) is 18.5. The summed E-state index contributed by atoms with van der Waals surface area (Å²) in [6.07, 6.45) is 8.49. The predicted octanol–water partition coefficient (Wildman–Crippen LogP) is 4.62. The van der Waals surface area contributed by atoms with E-state index in [2.05, 4.69) is 18.8 Å². The molecule has 0 aromatic heterocycles. The van der Waals surface area contributed by atoms with Crippen molar-refractivity contribution < 1.29 is 23.8 Å². The Balaban J connectivity index is 3.30. The van der Waals surface area contributed by atoms with Gasteiger partial charge in [-0.2, -0.15) is 0 Å². The Bertz CT molecular complexity index is 712. The molecular weight excluding hydrogens is 382 g/mol. The van der Waals surface area contributed by atoms with Gasteiger partial charge in [-0.1, -0.05) is 32.4 Å². The largest absolute Gasteiger partial charge is 0.493 e. The molecule has 0 saturated carbocycles. The Labute approximate surface area is 180 Å². The fourth-order valence-electron chi connectivity index (χ4n) is 2.63. The highest BCUT2D eigenvalue weighted by atomic mass is 16.7. The van der Waals surface area contributed by atoms with Gasteiger partial charge in [-0.3, -0.25) is 9.59 Å². The van der Waals surface area contributed by atoms with Gasteiger partial charge >= 0.3 is 0 Å². The Morgan fingerprint density at radius 1 is 1.17 bits per heavy atom. The first-order valence-corrected chi connectivity index (χ1v) is 10.7. The third-order valence-corrected chi connectivity index (χ3v) is 4.19. The summed E-state index contributed by atoms with van der Waals surface area (Å²) >= 11 is 0. The molecule has 6 heteroatoms. The van der Waals surface area contributed by atoms with Gasteiger partial charge < -0.3 is 19.5 Å². The third-order valence-electron chi connectivity index (χ3n) is 4.19. The van der Waals surface area contributed by atoms with Crippen LogP contribution < -0.4 is 14.8 Å². The van der Waals surface area contributed by atoms with Gasteiger partial charge in [0.2, 0.25) is 0 Å². The molecule has 0 radical (unpaired) electrons. The smallest absolute Gasteiger partial charge is 0.255 e. The maximum atomic E-state index is 12.9. The first-order chi connectivity index (χ1) is 14.6. The molecule has 6 nitrogen and oxygen atoms in total. The van der Waals surface area contributed by atoms with Crippen LogP contribution in [0.1, 0.15) is 62.4 Å². The van der Waals surface area contributed by atoms with Crippen molar-refractivity contribution in [1.29, 1.82) is 0 Å². The second-order valence-electron chi connectivity index (χ2n) is 6.70. The molecule has 0 aliphatic carbocycles. The molecule has 0 atom stereocenters. The van der Waals surface area contributed by atoms with Gasteiger partial charge in [0.25, 0.3) is 5.91 Å². The maximum Gasteiger partial charge on any atom is 0.255 e. The fourth-order valence-corrected chi connectivity index (χ4v) is 2.63. The highest BCUT2D eigenvalue weighted by Crippen LogP contribution is 2.30. The number of benzene rings is 1. The number of rotatable bonds is 16. The molecule has 1 N–H and O–H groups in total. The lowest BCUT2D eigenvalue weighted by Crippen LogP contribution is -2.26. The average molecular weight is 418 g/mol. The second kappa shape index (κ2) is 15.3. The van der Waals surface area contributed by atoms with E-state index in [1.807, 2.05) is 13.8 Å². The SMILES string of the molecule is C=CCCNC(=O)c1c(CC(=O)/C=C/CC)cc(OCCCC)cc1OCOCC. The topological polar surface area (TPSA) is 73.9 Å². The van der Waals surface area contributed by atoms with E-state index in [9.17, 15) is 9.59 Å². The second-order valence-corrected chi connectivity index (χ2v) is 6.70. The molecule has 0 unspecified atom stereocenters. The number of amides is 1. The van der Waals surface area contributed by atoms with E-state index in [1.54, 1.807) is 30.4 Å². The van der Waals surface area contributed by atoms with Crippen LogP contribution in [0.15, 0.2) is 36.9 Å². The van der Waals surface area contributed by atoms with Gasteiger partial charge in [-0.05, 0) is 43.9 Å². The molecular formula is C24H35NO5. The minimum Gasteiger partial charge on any atom is -0.493 e. The molecule has 1 amide bonds. The molecule has 1 aromatic rings. The van der Waals surface area contributed by atoms with Gasteiger partial charge in [0.15, 0.2) is 12.6 Å². The molecule has 1 aromatic carbocycles. The minimum absolute atomic E-state index is 0.00494. The lowest BCUT2D eigenvalue weighted by molar-refractivity contribution is -0.114. The number of hydrogen-bond acceptors (Lipinski definition) is 5. The van der Waals surface area contributed by atoms with E-state index >= 15 is 0 Å². The summed E-state index contributed by atoms with van der Waals surface area (Å²) in [5.74, 6) is 0.528. The van der Waals surface area contributed by atoms with Crippen LogP contribution in [0.2, 0.25) is 0 Å². The quantitative estimate of drug-likeness (QED) is 0.184. The van der Waals surface area contributed by atoms with Crippen molar-refractivity contribution in [3.05, 3.63) is 48.1 Å². The fraction of sp³-hybridized carbons (Fsp3) is 0.500. The van der Waals surface area contributed by atoms with Crippen LogP contribution >= 0.6 is 0 Å². The first-order valence-electron chi connectivity index (χ1n) is 10.7. The van der Waals surface area contributed by atoms with Crippen LogP contribution in [0.25, 0.3) is 0 Å². The van der Waals surface area contributed by atoms with Crippen molar-refractivity contribution in [2.24, 2.45) is 0 Å². The van der Waals surface area contributed by atoms with Gasteiger partial charge in [0.05, 0.1) is 12.2 Å². The summed E-state index contributed by atoms with van der Waals surface area (Å²) in [4.78, 5) is 25.3. The van der Waals surface area contributed by atoms with Crippen molar-refractivity contribution in [3.8, 4) is 11.5 Å². The Kier molecular flexibility index (Phi) is 12.9. The normalized spacial score (nSPS) is 10.8. The maximum absolute atomic E-state index is 12.9. The number of ether oxygens (including phenoxy) is 3. The van der Waals surface area contributed by atoms with Crippen LogP contribution in [0.4, 0.5) is 0 Å². The Morgan fingerprint density at radius 3 is 2.63 bits per heavy atom. The van der Waals surface area contributed by atoms with Crippen molar-refractivity contribution in [1.82, 2.24) is 5.32 Å². The highest BCUT2D eigenvalue weighted by Gasteiger charge is 2.21. The van der Waals surface area contributed by atoms with Crippen LogP contribution in [-0.4, -0.2) is 38.2 Å². The number of carbonyl (C=O) groups is 2. The average Bonchev–Trinajstić information content (AvgIpc) is 2.72. The first kappa shape index (κ1) is 25.4. The van der Waals surface area contributed by atoms with Crippen LogP contribution in [0, 0.1) is 0 Å². The molecule has 0 aliphatic rings. The number of hydrogen-bond donors (Lipinski definition) is 1. The Hall–Kier alpha value is -2.60. The number of allylic oxidation sites excluding steroid dienone is 2. The molecule has 0 fully saturated rings. The van der Waals surface area contributed by atoms with E-state index in [0.717, 1.165) is 19.3 Å². The molecule has 0 saturated heterocycles. The lowest BCUT2D eigenvalue weighted by atomic mass is 9.99. The minimum atomic E-state index is -0.300.